The van der Waals surface area contributed by atoms with E-state index in [1.165, 1.54) is 12.1 Å². The average molecular weight is 346 g/mol. The number of hydrogen-bond donors (Lipinski definition) is 1. The van der Waals surface area contributed by atoms with Crippen LogP contribution in [0.5, 0.6) is 5.75 Å². The second kappa shape index (κ2) is 4.55. The Labute approximate surface area is 109 Å². The van der Waals surface area contributed by atoms with E-state index >= 15 is 0 Å². The van der Waals surface area contributed by atoms with Crippen LogP contribution in [-0.4, -0.2) is 5.11 Å². The van der Waals surface area contributed by atoms with Gasteiger partial charge in [-0.3, -0.25) is 0 Å². The lowest BCUT2D eigenvalue weighted by molar-refractivity contribution is 0.475. The highest BCUT2D eigenvalue weighted by Gasteiger charge is 2.09. The van der Waals surface area contributed by atoms with Crippen LogP contribution in [0.15, 0.2) is 45.3 Å². The van der Waals surface area contributed by atoms with E-state index in [9.17, 15) is 9.50 Å². The van der Waals surface area contributed by atoms with Gasteiger partial charge >= 0.3 is 0 Å². The molecule has 2 aromatic rings. The van der Waals surface area contributed by atoms with E-state index < -0.39 is 0 Å². The summed E-state index contributed by atoms with van der Waals surface area (Å²) in [5.74, 6) is -0.221. The normalized spacial score (nSPS) is 10.4. The van der Waals surface area contributed by atoms with Gasteiger partial charge in [-0.15, -0.1) is 0 Å². The topological polar surface area (TPSA) is 20.2 Å². The summed E-state index contributed by atoms with van der Waals surface area (Å²) >= 11 is 6.53. The molecule has 0 aliphatic heterocycles. The number of phenolic OH excluding ortho intramolecular Hbond substituents is 1. The van der Waals surface area contributed by atoms with Crippen molar-refractivity contribution in [3.8, 4) is 16.9 Å². The van der Waals surface area contributed by atoms with Crippen molar-refractivity contribution in [2.75, 3.05) is 0 Å². The molecule has 82 valence electrons. The number of aromatic hydroxyl groups is 1. The molecule has 0 atom stereocenters. The monoisotopic (exact) mass is 344 g/mol. The first-order valence-corrected chi connectivity index (χ1v) is 6.10. The Morgan fingerprint density at radius 3 is 2.38 bits per heavy atom. The minimum atomic E-state index is -0.333. The zero-order chi connectivity index (χ0) is 11.7. The van der Waals surface area contributed by atoms with Gasteiger partial charge in [0.25, 0.3) is 0 Å². The van der Waals surface area contributed by atoms with Crippen LogP contribution >= 0.6 is 31.9 Å². The van der Waals surface area contributed by atoms with Gasteiger partial charge < -0.3 is 5.11 Å². The smallest absolute Gasteiger partial charge is 0.132 e. The van der Waals surface area contributed by atoms with Gasteiger partial charge in [-0.1, -0.05) is 37.9 Å². The lowest BCUT2D eigenvalue weighted by atomic mass is 10.1. The highest BCUT2D eigenvalue weighted by molar-refractivity contribution is 9.10. The van der Waals surface area contributed by atoms with Crippen LogP contribution < -0.4 is 0 Å². The largest absolute Gasteiger partial charge is 0.508 e. The Balaban J connectivity index is 2.62. The number of rotatable bonds is 1. The van der Waals surface area contributed by atoms with Crippen molar-refractivity contribution in [2.45, 2.75) is 0 Å². The molecule has 0 aromatic heterocycles. The predicted molar refractivity (Wildman–Crippen MR) is 68.9 cm³/mol. The van der Waals surface area contributed by atoms with Crippen LogP contribution in [0.2, 0.25) is 0 Å². The van der Waals surface area contributed by atoms with Crippen molar-refractivity contribution in [3.63, 3.8) is 0 Å². The van der Waals surface area contributed by atoms with E-state index in [2.05, 4.69) is 31.9 Å². The maximum absolute atomic E-state index is 13.7. The van der Waals surface area contributed by atoms with Crippen molar-refractivity contribution in [1.82, 2.24) is 0 Å². The molecule has 0 radical (unpaired) electrons. The molecule has 4 heteroatoms. The van der Waals surface area contributed by atoms with E-state index in [0.717, 1.165) is 4.47 Å². The first kappa shape index (κ1) is 11.6. The zero-order valence-corrected chi connectivity index (χ0v) is 11.2. The predicted octanol–water partition coefficient (Wildman–Crippen LogP) is 4.72. The number of hydrogen-bond acceptors (Lipinski definition) is 1. The molecule has 0 unspecified atom stereocenters. The van der Waals surface area contributed by atoms with Gasteiger partial charge in [-0.2, -0.15) is 0 Å². The molecule has 0 saturated heterocycles. The van der Waals surface area contributed by atoms with Gasteiger partial charge in [0.1, 0.15) is 11.6 Å². The summed E-state index contributed by atoms with van der Waals surface area (Å²) in [7, 11) is 0. The lowest BCUT2D eigenvalue weighted by Gasteiger charge is -2.07. The first-order chi connectivity index (χ1) is 7.58. The van der Waals surface area contributed by atoms with Crippen molar-refractivity contribution < 1.29 is 9.50 Å². The Bertz CT molecular complexity index is 541. The van der Waals surface area contributed by atoms with E-state index in [1.54, 1.807) is 24.3 Å². The second-order valence-corrected chi connectivity index (χ2v) is 5.06. The third-order valence-corrected chi connectivity index (χ3v) is 3.36. The van der Waals surface area contributed by atoms with Crippen LogP contribution in [0.3, 0.4) is 0 Å². The molecular weight excluding hydrogens is 339 g/mol. The highest BCUT2D eigenvalue weighted by atomic mass is 79.9. The summed E-state index contributed by atoms with van der Waals surface area (Å²) in [5.41, 5.74) is 1.08. The van der Waals surface area contributed by atoms with Crippen molar-refractivity contribution in [1.29, 1.82) is 0 Å². The fraction of sp³-hybridized carbons (Fsp3) is 0. The zero-order valence-electron chi connectivity index (χ0n) is 8.05. The fourth-order valence-corrected chi connectivity index (χ4v) is 2.22. The van der Waals surface area contributed by atoms with Crippen LogP contribution in [0.1, 0.15) is 0 Å². The molecule has 0 aliphatic rings. The number of phenols is 1. The van der Waals surface area contributed by atoms with Crippen LogP contribution in [0.25, 0.3) is 11.1 Å². The molecule has 0 bridgehead atoms. The first-order valence-electron chi connectivity index (χ1n) is 4.52. The van der Waals surface area contributed by atoms with Crippen molar-refractivity contribution >= 4 is 31.9 Å². The molecule has 0 amide bonds. The molecule has 2 rings (SSSR count). The van der Waals surface area contributed by atoms with Gasteiger partial charge in [0, 0.05) is 20.1 Å². The maximum atomic E-state index is 13.7. The van der Waals surface area contributed by atoms with Gasteiger partial charge in [0.05, 0.1) is 0 Å². The van der Waals surface area contributed by atoms with Crippen LogP contribution in [0.4, 0.5) is 4.39 Å². The molecule has 0 spiro atoms. The molecule has 0 aliphatic carbocycles. The molecule has 1 N–H and O–H groups in total. The standard InChI is InChI=1S/C12H7Br2FO/c13-7-1-3-9(12(15)5-7)10-6-8(16)2-4-11(10)14/h1-6,16H. The number of halogens is 3. The summed E-state index contributed by atoms with van der Waals surface area (Å²) in [6.07, 6.45) is 0. The third kappa shape index (κ3) is 2.28. The summed E-state index contributed by atoms with van der Waals surface area (Å²) in [6.45, 7) is 0. The summed E-state index contributed by atoms with van der Waals surface area (Å²) in [4.78, 5) is 0. The minimum absolute atomic E-state index is 0.112. The molecule has 0 saturated carbocycles. The van der Waals surface area contributed by atoms with Gasteiger partial charge in [0.2, 0.25) is 0 Å². The van der Waals surface area contributed by atoms with E-state index in [4.69, 9.17) is 0 Å². The molecule has 1 nitrogen and oxygen atoms in total. The van der Waals surface area contributed by atoms with Gasteiger partial charge in [-0.05, 0) is 30.3 Å². The summed E-state index contributed by atoms with van der Waals surface area (Å²) < 4.78 is 15.1. The summed E-state index contributed by atoms with van der Waals surface area (Å²) in [6, 6.07) is 9.58. The SMILES string of the molecule is Oc1ccc(Br)c(-c2ccc(Br)cc2F)c1. The van der Waals surface area contributed by atoms with E-state index in [-0.39, 0.29) is 11.6 Å². The van der Waals surface area contributed by atoms with Crippen molar-refractivity contribution in [3.05, 3.63) is 51.2 Å². The second-order valence-electron chi connectivity index (χ2n) is 3.29. The molecule has 0 heterocycles. The van der Waals surface area contributed by atoms with Crippen LogP contribution in [-0.2, 0) is 0 Å². The Hall–Kier alpha value is -0.870. The average Bonchev–Trinajstić information content (AvgIpc) is 2.22. The van der Waals surface area contributed by atoms with E-state index in [1.807, 2.05) is 0 Å². The van der Waals surface area contributed by atoms with Gasteiger partial charge in [-0.25, -0.2) is 4.39 Å². The van der Waals surface area contributed by atoms with Crippen molar-refractivity contribution in [2.24, 2.45) is 0 Å². The molecule has 2 aromatic carbocycles. The maximum Gasteiger partial charge on any atom is 0.132 e. The number of benzene rings is 2. The minimum Gasteiger partial charge on any atom is -0.508 e. The molecule has 0 fully saturated rings. The Morgan fingerprint density at radius 2 is 1.69 bits per heavy atom. The molecule has 16 heavy (non-hydrogen) atoms. The summed E-state index contributed by atoms with van der Waals surface area (Å²) in [5, 5.41) is 9.39. The Kier molecular flexibility index (Phi) is 3.30. The molecular formula is C12H7Br2FO. The van der Waals surface area contributed by atoms with E-state index in [0.29, 0.717) is 15.6 Å². The Morgan fingerprint density at radius 1 is 0.938 bits per heavy atom. The quantitative estimate of drug-likeness (QED) is 0.792. The third-order valence-electron chi connectivity index (χ3n) is 2.17. The van der Waals surface area contributed by atoms with Gasteiger partial charge in [0.15, 0.2) is 0 Å². The lowest BCUT2D eigenvalue weighted by Crippen LogP contribution is -1.85. The van der Waals surface area contributed by atoms with Crippen LogP contribution in [0, 0.1) is 5.82 Å². The fourth-order valence-electron chi connectivity index (χ4n) is 1.43. The highest BCUT2D eigenvalue weighted by Crippen LogP contribution is 2.33.